The van der Waals surface area contributed by atoms with E-state index < -0.39 is 9.28 Å². The molecule has 0 spiro atoms. The summed E-state index contributed by atoms with van der Waals surface area (Å²) in [5.74, 6) is 0. The highest BCUT2D eigenvalue weighted by atomic mass is 28.3. The Morgan fingerprint density at radius 1 is 1.09 bits per heavy atom. The van der Waals surface area contributed by atoms with Crippen LogP contribution in [-0.4, -0.2) is 24.0 Å². The molecule has 1 radical (unpaired) electrons. The molecule has 0 atom stereocenters. The number of hydrogen-bond acceptors (Lipinski definition) is 3. The number of hydrogen-bond donors (Lipinski definition) is 3. The lowest BCUT2D eigenvalue weighted by Gasteiger charge is -1.99. The number of aliphatic hydroxyl groups is 1. The van der Waals surface area contributed by atoms with Gasteiger partial charge in [-0.15, -0.1) is 0 Å². The average Bonchev–Trinajstić information content (AvgIpc) is 2.05. The zero-order chi connectivity index (χ0) is 8.27. The first-order valence-electron chi connectivity index (χ1n) is 3.19. The van der Waals surface area contributed by atoms with E-state index in [-0.39, 0.29) is 6.61 Å². The molecule has 0 aliphatic rings. The minimum absolute atomic E-state index is 0.0147. The van der Waals surface area contributed by atoms with Gasteiger partial charge in [0.15, 0.2) is 0 Å². The molecule has 0 aliphatic carbocycles. The molecule has 0 unspecified atom stereocenters. The fourth-order valence-corrected chi connectivity index (χ4v) is 1.22. The van der Waals surface area contributed by atoms with Crippen molar-refractivity contribution in [3.05, 3.63) is 29.8 Å². The smallest absolute Gasteiger partial charge is 0.406 e. The Labute approximate surface area is 66.4 Å². The molecule has 11 heavy (non-hydrogen) atoms. The molecule has 0 heterocycles. The maximum absolute atomic E-state index is 8.78. The fraction of sp³-hybridized carbons (Fsp3) is 0.143. The molecule has 59 valence electrons. The molecule has 1 aromatic carbocycles. The quantitative estimate of drug-likeness (QED) is 0.490. The van der Waals surface area contributed by atoms with Crippen molar-refractivity contribution in [1.29, 1.82) is 0 Å². The van der Waals surface area contributed by atoms with Crippen molar-refractivity contribution < 1.29 is 14.7 Å². The van der Waals surface area contributed by atoms with Crippen LogP contribution in [0.25, 0.3) is 0 Å². The Hall–Kier alpha value is -0.683. The van der Waals surface area contributed by atoms with Crippen LogP contribution in [0, 0.1) is 0 Å². The van der Waals surface area contributed by atoms with Crippen molar-refractivity contribution in [3.8, 4) is 0 Å². The molecule has 4 heteroatoms. The second-order valence-electron chi connectivity index (χ2n) is 2.18. The Balaban J connectivity index is 2.83. The summed E-state index contributed by atoms with van der Waals surface area (Å²) < 4.78 is 0. The molecular weight excluding hydrogens is 160 g/mol. The second-order valence-corrected chi connectivity index (χ2v) is 3.40. The average molecular weight is 169 g/mol. The van der Waals surface area contributed by atoms with Crippen LogP contribution >= 0.6 is 0 Å². The van der Waals surface area contributed by atoms with Crippen LogP contribution in [0.4, 0.5) is 0 Å². The molecule has 0 bridgehead atoms. The van der Waals surface area contributed by atoms with Gasteiger partial charge in [0.25, 0.3) is 0 Å². The highest BCUT2D eigenvalue weighted by molar-refractivity contribution is 6.58. The normalized spacial score (nSPS) is 10.5. The van der Waals surface area contributed by atoms with Gasteiger partial charge in [0.05, 0.1) is 6.61 Å². The van der Waals surface area contributed by atoms with Crippen LogP contribution in [0.2, 0.25) is 0 Å². The summed E-state index contributed by atoms with van der Waals surface area (Å²) in [5, 5.41) is 9.18. The third-order valence-electron chi connectivity index (χ3n) is 1.39. The van der Waals surface area contributed by atoms with E-state index in [2.05, 4.69) is 0 Å². The van der Waals surface area contributed by atoms with Gasteiger partial charge in [-0.05, 0) is 10.8 Å². The van der Waals surface area contributed by atoms with Gasteiger partial charge in [-0.1, -0.05) is 24.3 Å². The maximum Gasteiger partial charge on any atom is 0.417 e. The highest BCUT2D eigenvalue weighted by Gasteiger charge is 2.06. The van der Waals surface area contributed by atoms with Gasteiger partial charge in [0.2, 0.25) is 0 Å². The lowest BCUT2D eigenvalue weighted by Crippen LogP contribution is -2.29. The second kappa shape index (κ2) is 3.63. The van der Waals surface area contributed by atoms with Crippen molar-refractivity contribution in [2.45, 2.75) is 6.61 Å². The molecule has 1 rings (SSSR count). The van der Waals surface area contributed by atoms with E-state index in [1.54, 1.807) is 24.3 Å². The maximum atomic E-state index is 8.78. The number of rotatable bonds is 2. The number of aliphatic hydroxyl groups excluding tert-OH is 1. The predicted octanol–water partition coefficient (Wildman–Crippen LogP) is -1.14. The van der Waals surface area contributed by atoms with Crippen LogP contribution in [0.3, 0.4) is 0 Å². The minimum Gasteiger partial charge on any atom is -0.406 e. The van der Waals surface area contributed by atoms with Gasteiger partial charge in [-0.25, -0.2) is 0 Å². The van der Waals surface area contributed by atoms with Gasteiger partial charge in [-0.3, -0.25) is 0 Å². The van der Waals surface area contributed by atoms with Gasteiger partial charge in [0.1, 0.15) is 0 Å². The van der Waals surface area contributed by atoms with Crippen LogP contribution < -0.4 is 5.19 Å². The van der Waals surface area contributed by atoms with Crippen molar-refractivity contribution in [3.63, 3.8) is 0 Å². The van der Waals surface area contributed by atoms with Gasteiger partial charge < -0.3 is 14.7 Å². The Bertz CT molecular complexity index is 220. The highest BCUT2D eigenvalue weighted by Crippen LogP contribution is 1.95. The summed E-state index contributed by atoms with van der Waals surface area (Å²) in [6.45, 7) is -0.0147. The van der Waals surface area contributed by atoms with E-state index >= 15 is 0 Å². The zero-order valence-corrected chi connectivity index (χ0v) is 6.86. The van der Waals surface area contributed by atoms with E-state index in [1.165, 1.54) is 0 Å². The summed E-state index contributed by atoms with van der Waals surface area (Å²) in [6.07, 6.45) is 0. The fourth-order valence-electron chi connectivity index (χ4n) is 0.759. The third-order valence-corrected chi connectivity index (χ3v) is 2.24. The molecule has 3 N–H and O–H groups in total. The minimum atomic E-state index is -2.32. The molecule has 0 aromatic heterocycles. The van der Waals surface area contributed by atoms with Crippen molar-refractivity contribution in [1.82, 2.24) is 0 Å². The van der Waals surface area contributed by atoms with Crippen molar-refractivity contribution in [2.24, 2.45) is 0 Å². The molecule has 0 saturated carbocycles. The van der Waals surface area contributed by atoms with Gasteiger partial charge in [0, 0.05) is 0 Å². The Morgan fingerprint density at radius 2 is 1.64 bits per heavy atom. The van der Waals surface area contributed by atoms with Gasteiger partial charge in [-0.2, -0.15) is 0 Å². The van der Waals surface area contributed by atoms with Crippen LogP contribution in [0.15, 0.2) is 24.3 Å². The van der Waals surface area contributed by atoms with Crippen LogP contribution in [0.5, 0.6) is 0 Å². The summed E-state index contributed by atoms with van der Waals surface area (Å²) in [5.41, 5.74) is 0.775. The molecular formula is C7H9O3Si. The van der Waals surface area contributed by atoms with Crippen molar-refractivity contribution in [2.75, 3.05) is 0 Å². The van der Waals surface area contributed by atoms with E-state index in [4.69, 9.17) is 14.7 Å². The summed E-state index contributed by atoms with van der Waals surface area (Å²) in [6, 6.07) is 6.57. The van der Waals surface area contributed by atoms with Crippen LogP contribution in [0.1, 0.15) is 5.56 Å². The number of benzene rings is 1. The van der Waals surface area contributed by atoms with Gasteiger partial charge >= 0.3 is 9.28 Å². The molecule has 0 saturated heterocycles. The Kier molecular flexibility index (Phi) is 2.78. The van der Waals surface area contributed by atoms with E-state index in [9.17, 15) is 0 Å². The summed E-state index contributed by atoms with van der Waals surface area (Å²) >= 11 is 0. The molecule has 0 amide bonds. The first kappa shape index (κ1) is 8.41. The van der Waals surface area contributed by atoms with Crippen molar-refractivity contribution >= 4 is 14.5 Å². The lowest BCUT2D eigenvalue weighted by atomic mass is 10.2. The van der Waals surface area contributed by atoms with E-state index in [1.807, 2.05) is 0 Å². The molecule has 1 aromatic rings. The first-order chi connectivity index (χ1) is 5.24. The van der Waals surface area contributed by atoms with E-state index in [0.717, 1.165) is 5.56 Å². The lowest BCUT2D eigenvalue weighted by molar-refractivity contribution is 0.282. The SMILES string of the molecule is OCc1ccc([Si](O)O)cc1. The van der Waals surface area contributed by atoms with Crippen LogP contribution in [-0.2, 0) is 6.61 Å². The molecule has 0 fully saturated rings. The third kappa shape index (κ3) is 2.13. The van der Waals surface area contributed by atoms with E-state index in [0.29, 0.717) is 5.19 Å². The topological polar surface area (TPSA) is 60.7 Å². The first-order valence-corrected chi connectivity index (χ1v) is 4.58. The monoisotopic (exact) mass is 169 g/mol. The molecule has 3 nitrogen and oxygen atoms in total. The standard InChI is InChI=1S/C7H9O3Si/c8-5-6-1-3-7(4-2-6)11(9)10/h1-4,8-10H,5H2. The zero-order valence-electron chi connectivity index (χ0n) is 5.86. The molecule has 0 aliphatic heterocycles. The predicted molar refractivity (Wildman–Crippen MR) is 42.2 cm³/mol. The largest absolute Gasteiger partial charge is 0.417 e. The summed E-state index contributed by atoms with van der Waals surface area (Å²) in [4.78, 5) is 17.6. The Morgan fingerprint density at radius 3 is 2.00 bits per heavy atom. The summed E-state index contributed by atoms with van der Waals surface area (Å²) in [7, 11) is -2.32.